The third kappa shape index (κ3) is 2.56. The molecule has 0 aliphatic heterocycles. The van der Waals surface area contributed by atoms with Crippen LogP contribution < -0.4 is 5.32 Å². The van der Waals surface area contributed by atoms with Gasteiger partial charge in [0.1, 0.15) is 18.0 Å². The molecule has 0 amide bonds. The zero-order chi connectivity index (χ0) is 14.8. The Morgan fingerprint density at radius 2 is 1.95 bits per heavy atom. The first kappa shape index (κ1) is 13.5. The van der Waals surface area contributed by atoms with Crippen LogP contribution in [0.3, 0.4) is 0 Å². The molecule has 3 aromatic rings. The van der Waals surface area contributed by atoms with Gasteiger partial charge in [-0.05, 0) is 24.1 Å². The molecule has 0 atom stereocenters. The van der Waals surface area contributed by atoms with Crippen LogP contribution in [-0.2, 0) is 20.0 Å². The molecule has 0 radical (unpaired) electrons. The molecule has 0 unspecified atom stereocenters. The van der Waals surface area contributed by atoms with Crippen LogP contribution in [0.1, 0.15) is 18.2 Å². The number of benzene rings is 1. The Balaban J connectivity index is 1.91. The molecule has 108 valence electrons. The summed E-state index contributed by atoms with van der Waals surface area (Å²) in [4.78, 5) is 8.59. The van der Waals surface area contributed by atoms with Crippen LogP contribution in [0.2, 0.25) is 0 Å². The lowest BCUT2D eigenvalue weighted by Crippen LogP contribution is -2.03. The number of halogens is 1. The number of hydrogen-bond donors (Lipinski definition) is 1. The molecule has 3 rings (SSSR count). The third-order valence-corrected chi connectivity index (χ3v) is 3.40. The van der Waals surface area contributed by atoms with Crippen molar-refractivity contribution in [2.75, 3.05) is 5.32 Å². The van der Waals surface area contributed by atoms with Crippen LogP contribution in [-0.4, -0.2) is 19.7 Å². The molecule has 6 heteroatoms. The Labute approximate surface area is 121 Å². The van der Waals surface area contributed by atoms with E-state index in [1.165, 1.54) is 18.5 Å². The molecule has 1 N–H and O–H groups in total. The first-order valence-electron chi connectivity index (χ1n) is 6.84. The summed E-state index contributed by atoms with van der Waals surface area (Å²) in [5, 5.41) is 8.69. The lowest BCUT2D eigenvalue weighted by Gasteiger charge is -2.07. The van der Waals surface area contributed by atoms with Gasteiger partial charge in [0, 0.05) is 13.6 Å². The summed E-state index contributed by atoms with van der Waals surface area (Å²) < 4.78 is 14.7. The minimum Gasteiger partial charge on any atom is -0.365 e. The monoisotopic (exact) mass is 285 g/mol. The van der Waals surface area contributed by atoms with Crippen molar-refractivity contribution < 1.29 is 4.39 Å². The normalized spacial score (nSPS) is 11.0. The molecule has 0 saturated heterocycles. The summed E-state index contributed by atoms with van der Waals surface area (Å²) in [5.74, 6) is 0.526. The fourth-order valence-electron chi connectivity index (χ4n) is 2.34. The van der Waals surface area contributed by atoms with Gasteiger partial charge in [0.2, 0.25) is 0 Å². The van der Waals surface area contributed by atoms with E-state index in [2.05, 4.69) is 27.3 Å². The van der Waals surface area contributed by atoms with E-state index in [0.717, 1.165) is 34.5 Å². The van der Waals surface area contributed by atoms with E-state index in [1.807, 2.05) is 7.05 Å². The number of nitrogens with zero attached hydrogens (tertiary/aromatic N) is 4. The maximum Gasteiger partial charge on any atom is 0.163 e. The van der Waals surface area contributed by atoms with Gasteiger partial charge >= 0.3 is 0 Å². The molecule has 1 aromatic carbocycles. The van der Waals surface area contributed by atoms with Crippen LogP contribution in [0.4, 0.5) is 10.2 Å². The lowest BCUT2D eigenvalue weighted by atomic mass is 10.2. The van der Waals surface area contributed by atoms with Crippen LogP contribution in [0.15, 0.2) is 30.6 Å². The van der Waals surface area contributed by atoms with Gasteiger partial charge < -0.3 is 5.32 Å². The third-order valence-electron chi connectivity index (χ3n) is 3.40. The van der Waals surface area contributed by atoms with Crippen molar-refractivity contribution in [3.63, 3.8) is 0 Å². The molecule has 0 saturated carbocycles. The SMILES string of the molecule is CCc1nn(C)c2ncnc(NCc3ccc(F)cc3)c12. The van der Waals surface area contributed by atoms with E-state index >= 15 is 0 Å². The summed E-state index contributed by atoms with van der Waals surface area (Å²) in [6.45, 7) is 2.63. The summed E-state index contributed by atoms with van der Waals surface area (Å²) in [6, 6.07) is 6.41. The molecule has 21 heavy (non-hydrogen) atoms. The van der Waals surface area contributed by atoms with Crippen molar-refractivity contribution in [3.8, 4) is 0 Å². The largest absolute Gasteiger partial charge is 0.365 e. The Morgan fingerprint density at radius 3 is 2.67 bits per heavy atom. The average Bonchev–Trinajstić information content (AvgIpc) is 2.84. The van der Waals surface area contributed by atoms with E-state index in [-0.39, 0.29) is 5.82 Å². The van der Waals surface area contributed by atoms with Crippen molar-refractivity contribution in [3.05, 3.63) is 47.7 Å². The van der Waals surface area contributed by atoms with Gasteiger partial charge in [-0.15, -0.1) is 0 Å². The predicted molar refractivity (Wildman–Crippen MR) is 79.4 cm³/mol. The van der Waals surface area contributed by atoms with Crippen LogP contribution in [0, 0.1) is 5.82 Å². The van der Waals surface area contributed by atoms with Crippen molar-refractivity contribution in [1.82, 2.24) is 19.7 Å². The van der Waals surface area contributed by atoms with Crippen LogP contribution >= 0.6 is 0 Å². The number of aromatic nitrogens is 4. The highest BCUT2D eigenvalue weighted by atomic mass is 19.1. The molecule has 0 aliphatic rings. The van der Waals surface area contributed by atoms with Gasteiger partial charge in [-0.25, -0.2) is 14.4 Å². The summed E-state index contributed by atoms with van der Waals surface area (Å²) >= 11 is 0. The van der Waals surface area contributed by atoms with Crippen molar-refractivity contribution in [1.29, 1.82) is 0 Å². The molecule has 0 bridgehead atoms. The van der Waals surface area contributed by atoms with Gasteiger partial charge in [0.25, 0.3) is 0 Å². The second-order valence-electron chi connectivity index (χ2n) is 4.82. The Hall–Kier alpha value is -2.50. The lowest BCUT2D eigenvalue weighted by molar-refractivity contribution is 0.627. The summed E-state index contributed by atoms with van der Waals surface area (Å²) in [6.07, 6.45) is 2.34. The molecule has 0 fully saturated rings. The van der Waals surface area contributed by atoms with Crippen LogP contribution in [0.5, 0.6) is 0 Å². The van der Waals surface area contributed by atoms with E-state index in [9.17, 15) is 4.39 Å². The van der Waals surface area contributed by atoms with Gasteiger partial charge in [-0.3, -0.25) is 4.68 Å². The fraction of sp³-hybridized carbons (Fsp3) is 0.267. The van der Waals surface area contributed by atoms with Crippen LogP contribution in [0.25, 0.3) is 11.0 Å². The topological polar surface area (TPSA) is 55.6 Å². The second-order valence-corrected chi connectivity index (χ2v) is 4.82. The molecular formula is C15H16FN5. The molecule has 0 aliphatic carbocycles. The van der Waals surface area contributed by atoms with E-state index in [1.54, 1.807) is 16.8 Å². The van der Waals surface area contributed by atoms with E-state index < -0.39 is 0 Å². The number of fused-ring (bicyclic) bond motifs is 1. The maximum absolute atomic E-state index is 12.9. The Bertz CT molecular complexity index is 764. The standard InChI is InChI=1S/C15H16FN5/c1-3-12-13-14(18-9-19-15(13)21(2)20-12)17-8-10-4-6-11(16)7-5-10/h4-7,9H,3,8H2,1-2H3,(H,17,18,19). The van der Waals surface area contributed by atoms with Gasteiger partial charge in [0.15, 0.2) is 5.65 Å². The minimum atomic E-state index is -0.233. The minimum absolute atomic E-state index is 0.233. The van der Waals surface area contributed by atoms with Crippen molar-refractivity contribution in [2.45, 2.75) is 19.9 Å². The molecule has 2 aromatic heterocycles. The molecule has 5 nitrogen and oxygen atoms in total. The van der Waals surface area contributed by atoms with Crippen molar-refractivity contribution in [2.24, 2.45) is 7.05 Å². The zero-order valence-corrected chi connectivity index (χ0v) is 12.0. The quantitative estimate of drug-likeness (QED) is 0.800. The van der Waals surface area contributed by atoms with E-state index in [4.69, 9.17) is 0 Å². The van der Waals surface area contributed by atoms with Crippen molar-refractivity contribution >= 4 is 16.9 Å². The van der Waals surface area contributed by atoms with Gasteiger partial charge in [-0.1, -0.05) is 19.1 Å². The summed E-state index contributed by atoms with van der Waals surface area (Å²) in [5.41, 5.74) is 2.77. The van der Waals surface area contributed by atoms with Gasteiger partial charge in [0.05, 0.1) is 11.1 Å². The first-order chi connectivity index (χ1) is 10.2. The number of anilines is 1. The summed E-state index contributed by atoms with van der Waals surface area (Å²) in [7, 11) is 1.87. The Kier molecular flexibility index (Phi) is 3.51. The smallest absolute Gasteiger partial charge is 0.163 e. The fourth-order valence-corrected chi connectivity index (χ4v) is 2.34. The first-order valence-corrected chi connectivity index (χ1v) is 6.84. The van der Waals surface area contributed by atoms with E-state index in [0.29, 0.717) is 6.54 Å². The molecular weight excluding hydrogens is 269 g/mol. The van der Waals surface area contributed by atoms with Gasteiger partial charge in [-0.2, -0.15) is 5.10 Å². The number of aryl methyl sites for hydroxylation is 2. The highest BCUT2D eigenvalue weighted by Crippen LogP contribution is 2.23. The predicted octanol–water partition coefficient (Wildman–Crippen LogP) is 2.68. The molecule has 0 spiro atoms. The zero-order valence-electron chi connectivity index (χ0n) is 12.0. The molecule has 2 heterocycles. The number of nitrogens with one attached hydrogen (secondary N) is 1. The second kappa shape index (κ2) is 5.47. The highest BCUT2D eigenvalue weighted by Gasteiger charge is 2.13. The highest BCUT2D eigenvalue weighted by molar-refractivity contribution is 5.89. The average molecular weight is 285 g/mol. The number of rotatable bonds is 4. The number of hydrogen-bond acceptors (Lipinski definition) is 4. The maximum atomic E-state index is 12.9. The Morgan fingerprint density at radius 1 is 1.19 bits per heavy atom.